The van der Waals surface area contributed by atoms with Crippen molar-refractivity contribution in [3.63, 3.8) is 0 Å². The molecule has 6 nitrogen and oxygen atoms in total. The molecule has 3 rings (SSSR count). The number of carboxylic acid groups (broad SMARTS) is 1. The van der Waals surface area contributed by atoms with Gasteiger partial charge in [-0.05, 0) is 56.9 Å². The van der Waals surface area contributed by atoms with E-state index < -0.39 is 5.97 Å². The van der Waals surface area contributed by atoms with E-state index in [0.29, 0.717) is 17.9 Å². The molecular weight excluding hydrogens is 306 g/mol. The number of nitrogens with one attached hydrogen (secondary N) is 2. The van der Waals surface area contributed by atoms with Gasteiger partial charge in [-0.1, -0.05) is 19.8 Å². The van der Waals surface area contributed by atoms with E-state index >= 15 is 0 Å². The molecule has 136 valence electrons. The molecule has 3 aliphatic carbocycles. The molecule has 0 radical (unpaired) electrons. The van der Waals surface area contributed by atoms with E-state index in [0.717, 1.165) is 19.4 Å². The van der Waals surface area contributed by atoms with Crippen LogP contribution < -0.4 is 10.6 Å². The molecule has 0 saturated heterocycles. The second-order valence-corrected chi connectivity index (χ2v) is 7.80. The van der Waals surface area contributed by atoms with Crippen molar-refractivity contribution < 1.29 is 14.7 Å². The van der Waals surface area contributed by atoms with Crippen molar-refractivity contribution in [2.24, 2.45) is 11.8 Å². The zero-order chi connectivity index (χ0) is 17.1. The Morgan fingerprint density at radius 3 is 2.12 bits per heavy atom. The number of carboxylic acids is 1. The Bertz CT molecular complexity index is 442. The lowest BCUT2D eigenvalue weighted by Gasteiger charge is -2.44. The van der Waals surface area contributed by atoms with Crippen LogP contribution in [0.5, 0.6) is 0 Å². The van der Waals surface area contributed by atoms with Crippen LogP contribution >= 0.6 is 0 Å². The summed E-state index contributed by atoms with van der Waals surface area (Å²) >= 11 is 0. The van der Waals surface area contributed by atoms with Crippen molar-refractivity contribution >= 4 is 12.0 Å². The first kappa shape index (κ1) is 17.5. The van der Waals surface area contributed by atoms with Gasteiger partial charge >= 0.3 is 12.0 Å². The summed E-state index contributed by atoms with van der Waals surface area (Å²) < 4.78 is 0. The van der Waals surface area contributed by atoms with Crippen LogP contribution in [0, 0.1) is 11.8 Å². The third-order valence-electron chi connectivity index (χ3n) is 6.32. The van der Waals surface area contributed by atoms with Crippen LogP contribution in [0.2, 0.25) is 0 Å². The Morgan fingerprint density at radius 2 is 1.71 bits per heavy atom. The minimum atomic E-state index is -0.783. The smallest absolute Gasteiger partial charge is 0.317 e. The highest BCUT2D eigenvalue weighted by atomic mass is 16.4. The minimum absolute atomic E-state index is 0.0245. The summed E-state index contributed by atoms with van der Waals surface area (Å²) in [5, 5.41) is 15.3. The van der Waals surface area contributed by atoms with E-state index in [4.69, 9.17) is 5.11 Å². The quantitative estimate of drug-likeness (QED) is 0.634. The Hall–Kier alpha value is -1.30. The normalized spacial score (nSPS) is 27.3. The van der Waals surface area contributed by atoms with E-state index in [9.17, 15) is 9.59 Å². The molecule has 3 saturated carbocycles. The zero-order valence-electron chi connectivity index (χ0n) is 14.7. The molecule has 0 aromatic heterocycles. The number of amides is 2. The predicted molar refractivity (Wildman–Crippen MR) is 91.8 cm³/mol. The van der Waals surface area contributed by atoms with Gasteiger partial charge in [0.25, 0.3) is 0 Å². The summed E-state index contributed by atoms with van der Waals surface area (Å²) in [7, 11) is 0. The first-order valence-electron chi connectivity index (χ1n) is 9.59. The van der Waals surface area contributed by atoms with Crippen molar-refractivity contribution in [1.82, 2.24) is 15.5 Å². The maximum atomic E-state index is 12.3. The fraction of sp³-hybridized carbons (Fsp3) is 0.889. The second kappa shape index (κ2) is 7.72. The van der Waals surface area contributed by atoms with Gasteiger partial charge < -0.3 is 15.7 Å². The molecule has 0 aliphatic heterocycles. The van der Waals surface area contributed by atoms with E-state index in [1.54, 1.807) is 0 Å². The summed E-state index contributed by atoms with van der Waals surface area (Å²) in [6.07, 6.45) is 9.34. The minimum Gasteiger partial charge on any atom is -0.480 e. The van der Waals surface area contributed by atoms with Gasteiger partial charge in [-0.3, -0.25) is 9.69 Å². The van der Waals surface area contributed by atoms with Crippen molar-refractivity contribution in [1.29, 1.82) is 0 Å². The van der Waals surface area contributed by atoms with Crippen LogP contribution in [0.1, 0.15) is 58.3 Å². The Balaban J connectivity index is 1.40. The maximum Gasteiger partial charge on any atom is 0.317 e. The van der Waals surface area contributed by atoms with Crippen LogP contribution in [-0.2, 0) is 4.79 Å². The van der Waals surface area contributed by atoms with Crippen LogP contribution in [-0.4, -0.2) is 53.2 Å². The first-order chi connectivity index (χ1) is 11.6. The van der Waals surface area contributed by atoms with Gasteiger partial charge in [0.15, 0.2) is 0 Å². The number of hydrogen-bond donors (Lipinski definition) is 3. The van der Waals surface area contributed by atoms with E-state index in [1.807, 2.05) is 11.8 Å². The molecule has 0 aromatic rings. The van der Waals surface area contributed by atoms with Crippen molar-refractivity contribution in [3.8, 4) is 0 Å². The Kier molecular flexibility index (Phi) is 5.64. The third-order valence-corrected chi connectivity index (χ3v) is 6.32. The fourth-order valence-corrected chi connectivity index (χ4v) is 4.27. The lowest BCUT2D eigenvalue weighted by molar-refractivity contribution is -0.139. The highest BCUT2D eigenvalue weighted by Gasteiger charge is 2.38. The van der Waals surface area contributed by atoms with Crippen molar-refractivity contribution in [2.45, 2.75) is 76.4 Å². The van der Waals surface area contributed by atoms with Gasteiger partial charge in [-0.25, -0.2) is 4.79 Å². The van der Waals surface area contributed by atoms with E-state index in [2.05, 4.69) is 10.6 Å². The molecule has 0 aromatic carbocycles. The van der Waals surface area contributed by atoms with Gasteiger partial charge in [0.1, 0.15) is 0 Å². The number of hydrogen-bond acceptors (Lipinski definition) is 3. The molecular formula is C18H31N3O3. The maximum absolute atomic E-state index is 12.3. The summed E-state index contributed by atoms with van der Waals surface area (Å²) in [6, 6.07) is 0.804. The summed E-state index contributed by atoms with van der Waals surface area (Å²) in [5.74, 6) is 0.581. The lowest BCUT2D eigenvalue weighted by Crippen LogP contribution is -2.59. The SMILES string of the molecule is CCN(CC(=O)O)C1CC(NC(=O)NC(C2CCC2)C2CCC2)C1. The van der Waals surface area contributed by atoms with Crippen molar-refractivity contribution in [3.05, 3.63) is 0 Å². The molecule has 3 aliphatic rings. The number of carbonyl (C=O) groups is 2. The van der Waals surface area contributed by atoms with Gasteiger partial charge in [-0.2, -0.15) is 0 Å². The molecule has 0 bridgehead atoms. The highest BCUT2D eigenvalue weighted by Crippen LogP contribution is 2.40. The average molecular weight is 337 g/mol. The number of likely N-dealkylation sites (N-methyl/N-ethyl adjacent to an activating group) is 1. The molecule has 0 spiro atoms. The Labute approximate surface area is 144 Å². The van der Waals surface area contributed by atoms with Crippen LogP contribution in [0.15, 0.2) is 0 Å². The highest BCUT2D eigenvalue weighted by molar-refractivity contribution is 5.75. The molecule has 3 N–H and O–H groups in total. The summed E-state index contributed by atoms with van der Waals surface area (Å²) in [6.45, 7) is 2.81. The van der Waals surface area contributed by atoms with Gasteiger partial charge in [-0.15, -0.1) is 0 Å². The number of rotatable bonds is 8. The number of urea groups is 1. The second-order valence-electron chi connectivity index (χ2n) is 7.80. The number of nitrogens with zero attached hydrogens (tertiary/aromatic N) is 1. The molecule has 6 heteroatoms. The number of aliphatic carboxylic acids is 1. The third kappa shape index (κ3) is 4.02. The van der Waals surface area contributed by atoms with Crippen LogP contribution in [0.4, 0.5) is 4.79 Å². The van der Waals surface area contributed by atoms with Crippen molar-refractivity contribution in [2.75, 3.05) is 13.1 Å². The first-order valence-corrected chi connectivity index (χ1v) is 9.59. The molecule has 2 amide bonds. The topological polar surface area (TPSA) is 81.7 Å². The lowest BCUT2D eigenvalue weighted by atomic mass is 9.68. The molecule has 0 heterocycles. The molecule has 0 atom stereocenters. The predicted octanol–water partition coefficient (Wildman–Crippen LogP) is 2.19. The van der Waals surface area contributed by atoms with Crippen LogP contribution in [0.25, 0.3) is 0 Å². The van der Waals surface area contributed by atoms with Crippen LogP contribution in [0.3, 0.4) is 0 Å². The fourth-order valence-electron chi connectivity index (χ4n) is 4.27. The largest absolute Gasteiger partial charge is 0.480 e. The molecule has 3 fully saturated rings. The zero-order valence-corrected chi connectivity index (χ0v) is 14.7. The average Bonchev–Trinajstić information content (AvgIpc) is 2.35. The Morgan fingerprint density at radius 1 is 1.12 bits per heavy atom. The van der Waals surface area contributed by atoms with E-state index in [1.165, 1.54) is 38.5 Å². The standard InChI is InChI=1S/C18H31N3O3/c1-2-21(11-16(22)23)15-9-14(10-15)19-18(24)20-17(12-5-3-6-12)13-7-4-8-13/h12-15,17H,2-11H2,1H3,(H,22,23)(H2,19,20,24). The molecule has 0 unspecified atom stereocenters. The van der Waals surface area contributed by atoms with Gasteiger partial charge in [0.2, 0.25) is 0 Å². The van der Waals surface area contributed by atoms with Gasteiger partial charge in [0, 0.05) is 18.1 Å². The summed E-state index contributed by atoms with van der Waals surface area (Å²) in [5.41, 5.74) is 0. The molecule has 24 heavy (non-hydrogen) atoms. The summed E-state index contributed by atoms with van der Waals surface area (Å²) in [4.78, 5) is 25.2. The van der Waals surface area contributed by atoms with Gasteiger partial charge in [0.05, 0.1) is 6.54 Å². The van der Waals surface area contributed by atoms with E-state index in [-0.39, 0.29) is 24.7 Å². The number of carbonyl (C=O) groups excluding carboxylic acids is 1. The monoisotopic (exact) mass is 337 g/mol.